The van der Waals surface area contributed by atoms with Gasteiger partial charge in [0.15, 0.2) is 0 Å². The van der Waals surface area contributed by atoms with Crippen LogP contribution in [-0.2, 0) is 0 Å². The highest BCUT2D eigenvalue weighted by Crippen LogP contribution is 2.40. The Morgan fingerprint density at radius 2 is 1.00 bits per heavy atom. The fraction of sp³-hybridized carbons (Fsp3) is 0.143. The van der Waals surface area contributed by atoms with Crippen LogP contribution in [0.5, 0.6) is 11.5 Å². The summed E-state index contributed by atoms with van der Waals surface area (Å²) >= 11 is 0. The van der Waals surface area contributed by atoms with Crippen LogP contribution in [-0.4, -0.2) is 14.2 Å². The van der Waals surface area contributed by atoms with E-state index in [1.54, 1.807) is 14.2 Å². The minimum atomic E-state index is 0.0588. The topological polar surface area (TPSA) is 18.5 Å². The molecule has 23 heavy (non-hydrogen) atoms. The van der Waals surface area contributed by atoms with E-state index >= 15 is 0 Å². The number of rotatable bonds is 5. The first-order valence-electron chi connectivity index (χ1n) is 7.66. The van der Waals surface area contributed by atoms with Crippen LogP contribution in [0.25, 0.3) is 0 Å². The maximum absolute atomic E-state index is 5.60. The van der Waals surface area contributed by atoms with Gasteiger partial charge in [0, 0.05) is 17.0 Å². The van der Waals surface area contributed by atoms with Gasteiger partial charge in [0.05, 0.1) is 14.2 Å². The molecule has 0 spiro atoms. The zero-order valence-electron chi connectivity index (χ0n) is 13.4. The highest BCUT2D eigenvalue weighted by molar-refractivity contribution is 5.53. The van der Waals surface area contributed by atoms with Crippen LogP contribution in [0.3, 0.4) is 0 Å². The second kappa shape index (κ2) is 7.01. The molecule has 0 atom stereocenters. The summed E-state index contributed by atoms with van der Waals surface area (Å²) in [5.74, 6) is 1.82. The number of benzene rings is 3. The summed E-state index contributed by atoms with van der Waals surface area (Å²) < 4.78 is 11.2. The molecule has 0 radical (unpaired) electrons. The van der Waals surface area contributed by atoms with Crippen molar-refractivity contribution in [1.29, 1.82) is 0 Å². The SMILES string of the molecule is COc1ccccc1C(c1ccccc1)c1ccccc1OC. The molecule has 0 N–H and O–H groups in total. The lowest BCUT2D eigenvalue weighted by Crippen LogP contribution is -2.07. The molecule has 3 rings (SSSR count). The maximum Gasteiger partial charge on any atom is 0.123 e. The van der Waals surface area contributed by atoms with Gasteiger partial charge in [-0.3, -0.25) is 0 Å². The quantitative estimate of drug-likeness (QED) is 0.625. The van der Waals surface area contributed by atoms with Crippen molar-refractivity contribution < 1.29 is 9.47 Å². The van der Waals surface area contributed by atoms with E-state index in [4.69, 9.17) is 9.47 Å². The van der Waals surface area contributed by atoms with Crippen LogP contribution < -0.4 is 9.47 Å². The predicted molar refractivity (Wildman–Crippen MR) is 93.4 cm³/mol. The third kappa shape index (κ3) is 3.07. The number of methoxy groups -OCH3 is 2. The molecule has 0 aliphatic heterocycles. The first kappa shape index (κ1) is 15.2. The molecule has 116 valence electrons. The molecule has 0 saturated heterocycles. The van der Waals surface area contributed by atoms with Gasteiger partial charge in [-0.25, -0.2) is 0 Å². The zero-order valence-corrected chi connectivity index (χ0v) is 13.4. The average molecular weight is 304 g/mol. The minimum absolute atomic E-state index is 0.0588. The fourth-order valence-corrected chi connectivity index (χ4v) is 2.98. The van der Waals surface area contributed by atoms with E-state index in [0.717, 1.165) is 22.6 Å². The molecular weight excluding hydrogens is 284 g/mol. The fourth-order valence-electron chi connectivity index (χ4n) is 2.98. The number of ether oxygens (including phenoxy) is 2. The van der Waals surface area contributed by atoms with Gasteiger partial charge in [-0.2, -0.15) is 0 Å². The average Bonchev–Trinajstić information content (AvgIpc) is 2.64. The molecule has 0 fully saturated rings. The van der Waals surface area contributed by atoms with Crippen LogP contribution in [0.2, 0.25) is 0 Å². The van der Waals surface area contributed by atoms with Crippen LogP contribution in [0.4, 0.5) is 0 Å². The maximum atomic E-state index is 5.60. The second-order valence-corrected chi connectivity index (χ2v) is 5.33. The van der Waals surface area contributed by atoms with Crippen molar-refractivity contribution in [2.45, 2.75) is 5.92 Å². The first-order valence-corrected chi connectivity index (χ1v) is 7.66. The lowest BCUT2D eigenvalue weighted by atomic mass is 9.84. The van der Waals surface area contributed by atoms with Gasteiger partial charge < -0.3 is 9.47 Å². The normalized spacial score (nSPS) is 10.6. The molecule has 3 aromatic rings. The largest absolute Gasteiger partial charge is 0.496 e. The molecule has 0 aliphatic carbocycles. The summed E-state index contributed by atoms with van der Waals surface area (Å²) in [4.78, 5) is 0. The van der Waals surface area contributed by atoms with Crippen molar-refractivity contribution in [3.05, 3.63) is 95.6 Å². The number of hydrogen-bond acceptors (Lipinski definition) is 2. The Morgan fingerprint density at radius 3 is 1.48 bits per heavy atom. The molecule has 2 nitrogen and oxygen atoms in total. The molecule has 2 heteroatoms. The van der Waals surface area contributed by atoms with Crippen molar-refractivity contribution in [3.63, 3.8) is 0 Å². The van der Waals surface area contributed by atoms with E-state index in [2.05, 4.69) is 36.4 Å². The van der Waals surface area contributed by atoms with Crippen LogP contribution in [0.1, 0.15) is 22.6 Å². The summed E-state index contributed by atoms with van der Waals surface area (Å²) in [6.45, 7) is 0. The van der Waals surface area contributed by atoms with Gasteiger partial charge in [-0.05, 0) is 17.7 Å². The van der Waals surface area contributed by atoms with E-state index in [1.165, 1.54) is 5.56 Å². The molecule has 0 unspecified atom stereocenters. The standard InChI is InChI=1S/C21H20O2/c1-22-19-14-8-6-12-17(19)21(16-10-4-3-5-11-16)18-13-7-9-15-20(18)23-2/h3-15,21H,1-2H3. The van der Waals surface area contributed by atoms with Gasteiger partial charge in [-0.1, -0.05) is 66.7 Å². The van der Waals surface area contributed by atoms with Crippen LogP contribution >= 0.6 is 0 Å². The molecule has 3 aromatic carbocycles. The summed E-state index contributed by atoms with van der Waals surface area (Å²) in [7, 11) is 3.42. The van der Waals surface area contributed by atoms with Crippen molar-refractivity contribution in [1.82, 2.24) is 0 Å². The summed E-state index contributed by atoms with van der Waals surface area (Å²) in [5.41, 5.74) is 3.47. The van der Waals surface area contributed by atoms with E-state index in [1.807, 2.05) is 42.5 Å². The van der Waals surface area contributed by atoms with Crippen LogP contribution in [0, 0.1) is 0 Å². The highest BCUT2D eigenvalue weighted by atomic mass is 16.5. The highest BCUT2D eigenvalue weighted by Gasteiger charge is 2.22. The molecule has 0 aliphatic rings. The third-order valence-electron chi connectivity index (χ3n) is 4.03. The molecule has 0 amide bonds. The first-order chi connectivity index (χ1) is 11.3. The number of hydrogen-bond donors (Lipinski definition) is 0. The van der Waals surface area contributed by atoms with Crippen molar-refractivity contribution in [2.75, 3.05) is 14.2 Å². The van der Waals surface area contributed by atoms with E-state index in [-0.39, 0.29) is 5.92 Å². The summed E-state index contributed by atoms with van der Waals surface area (Å²) in [6.07, 6.45) is 0. The predicted octanol–water partition coefficient (Wildman–Crippen LogP) is 4.88. The Morgan fingerprint density at radius 1 is 0.565 bits per heavy atom. The Hall–Kier alpha value is -2.74. The van der Waals surface area contributed by atoms with Crippen molar-refractivity contribution in [3.8, 4) is 11.5 Å². The minimum Gasteiger partial charge on any atom is -0.496 e. The summed E-state index contributed by atoms with van der Waals surface area (Å²) in [6, 6.07) is 26.7. The van der Waals surface area contributed by atoms with Crippen molar-refractivity contribution in [2.24, 2.45) is 0 Å². The van der Waals surface area contributed by atoms with Gasteiger partial charge in [-0.15, -0.1) is 0 Å². The van der Waals surface area contributed by atoms with Gasteiger partial charge in [0.25, 0.3) is 0 Å². The third-order valence-corrected chi connectivity index (χ3v) is 4.03. The molecule has 0 heterocycles. The molecule has 0 saturated carbocycles. The Bertz CT molecular complexity index is 718. The lowest BCUT2D eigenvalue weighted by molar-refractivity contribution is 0.402. The molecule has 0 aromatic heterocycles. The van der Waals surface area contributed by atoms with Gasteiger partial charge in [0.2, 0.25) is 0 Å². The van der Waals surface area contributed by atoms with E-state index < -0.39 is 0 Å². The van der Waals surface area contributed by atoms with Crippen molar-refractivity contribution >= 4 is 0 Å². The van der Waals surface area contributed by atoms with Gasteiger partial charge >= 0.3 is 0 Å². The van der Waals surface area contributed by atoms with E-state index in [9.17, 15) is 0 Å². The summed E-state index contributed by atoms with van der Waals surface area (Å²) in [5, 5.41) is 0. The Labute approximate surface area is 137 Å². The second-order valence-electron chi connectivity index (χ2n) is 5.33. The van der Waals surface area contributed by atoms with Crippen LogP contribution in [0.15, 0.2) is 78.9 Å². The monoisotopic (exact) mass is 304 g/mol. The van der Waals surface area contributed by atoms with E-state index in [0.29, 0.717) is 0 Å². The number of para-hydroxylation sites is 2. The molecular formula is C21H20O2. The smallest absolute Gasteiger partial charge is 0.123 e. The lowest BCUT2D eigenvalue weighted by Gasteiger charge is -2.23. The van der Waals surface area contributed by atoms with Gasteiger partial charge in [0.1, 0.15) is 11.5 Å². The Kier molecular flexibility index (Phi) is 4.62. The Balaban J connectivity index is 2.23. The zero-order chi connectivity index (χ0) is 16.1. The molecule has 0 bridgehead atoms.